The summed E-state index contributed by atoms with van der Waals surface area (Å²) in [6.07, 6.45) is 0.773. The number of aromatic nitrogens is 4. The molecular formula is C9H17N5O. The summed E-state index contributed by atoms with van der Waals surface area (Å²) in [5.74, 6) is 0.627. The van der Waals surface area contributed by atoms with Crippen LogP contribution < -0.4 is 5.32 Å². The second-order valence-corrected chi connectivity index (χ2v) is 3.57. The van der Waals surface area contributed by atoms with E-state index >= 15 is 0 Å². The second-order valence-electron chi connectivity index (χ2n) is 3.57. The van der Waals surface area contributed by atoms with Crippen molar-refractivity contribution in [3.05, 3.63) is 5.82 Å². The summed E-state index contributed by atoms with van der Waals surface area (Å²) in [5.41, 5.74) is 0. The van der Waals surface area contributed by atoms with Crippen molar-refractivity contribution < 1.29 is 4.79 Å². The standard InChI is InChI=1S/C9H17N5O/c1-4-10-7(2)5-8(15)6-9-11-13-14(3)12-9/h7,10H,4-6H2,1-3H3. The first-order valence-electron chi connectivity index (χ1n) is 5.09. The Labute approximate surface area is 89.0 Å². The average molecular weight is 211 g/mol. The van der Waals surface area contributed by atoms with Gasteiger partial charge in [0, 0.05) is 12.5 Å². The summed E-state index contributed by atoms with van der Waals surface area (Å²) >= 11 is 0. The normalized spacial score (nSPS) is 12.7. The molecule has 6 heteroatoms. The van der Waals surface area contributed by atoms with Gasteiger partial charge in [-0.2, -0.15) is 4.80 Å². The Morgan fingerprint density at radius 2 is 2.33 bits per heavy atom. The van der Waals surface area contributed by atoms with Crippen molar-refractivity contribution in [2.45, 2.75) is 32.7 Å². The van der Waals surface area contributed by atoms with E-state index < -0.39 is 0 Å². The maximum Gasteiger partial charge on any atom is 0.182 e. The average Bonchev–Trinajstić information content (AvgIpc) is 2.51. The van der Waals surface area contributed by atoms with Crippen molar-refractivity contribution in [3.8, 4) is 0 Å². The molecule has 1 atom stereocenters. The number of ketones is 1. The number of rotatable bonds is 6. The lowest BCUT2D eigenvalue weighted by Crippen LogP contribution is -2.28. The number of tetrazole rings is 1. The van der Waals surface area contributed by atoms with Crippen LogP contribution in [0.1, 0.15) is 26.1 Å². The van der Waals surface area contributed by atoms with Crippen LogP contribution in [0.4, 0.5) is 0 Å². The van der Waals surface area contributed by atoms with Crippen LogP contribution in [0.2, 0.25) is 0 Å². The topological polar surface area (TPSA) is 72.7 Å². The Hall–Kier alpha value is -1.30. The second kappa shape index (κ2) is 5.55. The highest BCUT2D eigenvalue weighted by Crippen LogP contribution is 1.97. The van der Waals surface area contributed by atoms with Gasteiger partial charge < -0.3 is 5.32 Å². The largest absolute Gasteiger partial charge is 0.314 e. The van der Waals surface area contributed by atoms with E-state index in [1.807, 2.05) is 13.8 Å². The van der Waals surface area contributed by atoms with E-state index in [-0.39, 0.29) is 18.2 Å². The zero-order chi connectivity index (χ0) is 11.3. The van der Waals surface area contributed by atoms with E-state index in [1.54, 1.807) is 7.05 Å². The van der Waals surface area contributed by atoms with Crippen LogP contribution in [0, 0.1) is 0 Å². The fourth-order valence-corrected chi connectivity index (χ4v) is 1.40. The molecule has 1 aromatic heterocycles. The lowest BCUT2D eigenvalue weighted by molar-refractivity contribution is -0.118. The molecule has 0 aliphatic rings. The third-order valence-corrected chi connectivity index (χ3v) is 1.99. The first-order valence-corrected chi connectivity index (χ1v) is 5.09. The summed E-state index contributed by atoms with van der Waals surface area (Å²) in [4.78, 5) is 12.9. The summed E-state index contributed by atoms with van der Waals surface area (Å²) in [6, 6.07) is 0.208. The predicted octanol–water partition coefficient (Wildman–Crippen LogP) is -0.290. The van der Waals surface area contributed by atoms with Crippen LogP contribution in [0.3, 0.4) is 0 Å². The van der Waals surface area contributed by atoms with Gasteiger partial charge in [-0.15, -0.1) is 10.2 Å². The number of nitrogens with zero attached hydrogens (tertiary/aromatic N) is 4. The molecule has 0 aromatic carbocycles. The van der Waals surface area contributed by atoms with Crippen molar-refractivity contribution in [2.75, 3.05) is 6.54 Å². The Balaban J connectivity index is 2.36. The number of hydrogen-bond donors (Lipinski definition) is 1. The molecule has 0 saturated heterocycles. The van der Waals surface area contributed by atoms with Crippen LogP contribution in [0.15, 0.2) is 0 Å². The van der Waals surface area contributed by atoms with Crippen molar-refractivity contribution in [2.24, 2.45) is 7.05 Å². The monoisotopic (exact) mass is 211 g/mol. The molecule has 84 valence electrons. The number of carbonyl (C=O) groups is 1. The minimum absolute atomic E-state index is 0.136. The van der Waals surface area contributed by atoms with Gasteiger partial charge in [-0.25, -0.2) is 0 Å². The van der Waals surface area contributed by atoms with Gasteiger partial charge in [-0.3, -0.25) is 4.79 Å². The molecule has 0 fully saturated rings. The van der Waals surface area contributed by atoms with E-state index in [1.165, 1.54) is 4.80 Å². The maximum absolute atomic E-state index is 11.5. The molecule has 0 radical (unpaired) electrons. The first kappa shape index (κ1) is 11.8. The molecule has 0 saturated carbocycles. The fourth-order valence-electron chi connectivity index (χ4n) is 1.40. The Kier molecular flexibility index (Phi) is 4.36. The van der Waals surface area contributed by atoms with Crippen LogP contribution in [-0.4, -0.2) is 38.6 Å². The van der Waals surface area contributed by atoms with Gasteiger partial charge in [-0.1, -0.05) is 6.92 Å². The summed E-state index contributed by atoms with van der Waals surface area (Å²) in [6.45, 7) is 4.88. The fraction of sp³-hybridized carbons (Fsp3) is 0.778. The smallest absolute Gasteiger partial charge is 0.182 e. The molecule has 0 aliphatic carbocycles. The van der Waals surface area contributed by atoms with Crippen LogP contribution in [0.5, 0.6) is 0 Å². The van der Waals surface area contributed by atoms with E-state index in [9.17, 15) is 4.79 Å². The van der Waals surface area contributed by atoms with Gasteiger partial charge in [-0.05, 0) is 18.7 Å². The van der Waals surface area contributed by atoms with Crippen LogP contribution >= 0.6 is 0 Å². The van der Waals surface area contributed by atoms with Crippen molar-refractivity contribution in [1.82, 2.24) is 25.5 Å². The number of carbonyl (C=O) groups excluding carboxylic acids is 1. The number of aryl methyl sites for hydroxylation is 1. The van der Waals surface area contributed by atoms with Gasteiger partial charge in [0.25, 0.3) is 0 Å². The molecule has 1 N–H and O–H groups in total. The number of nitrogens with one attached hydrogen (secondary N) is 1. The lowest BCUT2D eigenvalue weighted by Gasteiger charge is -2.09. The quantitative estimate of drug-likeness (QED) is 0.700. The Morgan fingerprint density at radius 3 is 2.87 bits per heavy atom. The summed E-state index contributed by atoms with van der Waals surface area (Å²) < 4.78 is 0. The highest BCUT2D eigenvalue weighted by atomic mass is 16.1. The molecule has 0 spiro atoms. The van der Waals surface area contributed by atoms with Gasteiger partial charge in [0.15, 0.2) is 5.82 Å². The zero-order valence-electron chi connectivity index (χ0n) is 9.40. The van der Waals surface area contributed by atoms with Crippen molar-refractivity contribution in [1.29, 1.82) is 0 Å². The highest BCUT2D eigenvalue weighted by molar-refractivity contribution is 5.80. The molecule has 6 nitrogen and oxygen atoms in total. The molecule has 1 heterocycles. The highest BCUT2D eigenvalue weighted by Gasteiger charge is 2.11. The third kappa shape index (κ3) is 4.16. The molecular weight excluding hydrogens is 194 g/mol. The number of Topliss-reactive ketones (excluding diaryl/α,β-unsaturated/α-hetero) is 1. The van der Waals surface area contributed by atoms with Crippen LogP contribution in [0.25, 0.3) is 0 Å². The maximum atomic E-state index is 11.5. The molecule has 15 heavy (non-hydrogen) atoms. The minimum atomic E-state index is 0.136. The first-order chi connectivity index (χ1) is 7.11. The minimum Gasteiger partial charge on any atom is -0.314 e. The van der Waals surface area contributed by atoms with Crippen molar-refractivity contribution >= 4 is 5.78 Å². The number of hydrogen-bond acceptors (Lipinski definition) is 5. The van der Waals surface area contributed by atoms with E-state index in [2.05, 4.69) is 20.7 Å². The predicted molar refractivity (Wildman–Crippen MR) is 55.3 cm³/mol. The van der Waals surface area contributed by atoms with E-state index in [0.717, 1.165) is 6.54 Å². The van der Waals surface area contributed by atoms with Crippen molar-refractivity contribution in [3.63, 3.8) is 0 Å². The summed E-state index contributed by atoms with van der Waals surface area (Å²) in [5, 5.41) is 14.6. The van der Waals surface area contributed by atoms with Crippen LogP contribution in [-0.2, 0) is 18.3 Å². The SMILES string of the molecule is CCNC(C)CC(=O)Cc1nnn(C)n1. The Morgan fingerprint density at radius 1 is 1.60 bits per heavy atom. The zero-order valence-corrected chi connectivity index (χ0v) is 9.40. The van der Waals surface area contributed by atoms with Gasteiger partial charge in [0.2, 0.25) is 0 Å². The lowest BCUT2D eigenvalue weighted by atomic mass is 10.1. The Bertz CT molecular complexity index is 322. The van der Waals surface area contributed by atoms with E-state index in [4.69, 9.17) is 0 Å². The summed E-state index contributed by atoms with van der Waals surface area (Å²) in [7, 11) is 1.68. The molecule has 0 amide bonds. The van der Waals surface area contributed by atoms with Gasteiger partial charge in [0.05, 0.1) is 13.5 Å². The third-order valence-electron chi connectivity index (χ3n) is 1.99. The molecule has 0 bridgehead atoms. The van der Waals surface area contributed by atoms with Gasteiger partial charge in [0.1, 0.15) is 5.78 Å². The molecule has 1 rings (SSSR count). The molecule has 1 aromatic rings. The molecule has 1 unspecified atom stereocenters. The van der Waals surface area contributed by atoms with Gasteiger partial charge >= 0.3 is 0 Å². The van der Waals surface area contributed by atoms with E-state index in [0.29, 0.717) is 12.2 Å². The molecule has 0 aliphatic heterocycles.